The molecule has 0 aromatic heterocycles. The highest BCUT2D eigenvalue weighted by molar-refractivity contribution is 14.1. The molecule has 0 bridgehead atoms. The van der Waals surface area contributed by atoms with Crippen molar-refractivity contribution in [1.29, 1.82) is 0 Å². The molecular formula is C11H17IN2S. The Kier molecular flexibility index (Phi) is 6.24. The Balaban J connectivity index is 2.31. The van der Waals surface area contributed by atoms with Gasteiger partial charge in [0, 0.05) is 10.1 Å². The van der Waals surface area contributed by atoms with Gasteiger partial charge in [-0.3, -0.25) is 0 Å². The van der Waals surface area contributed by atoms with Crippen molar-refractivity contribution >= 4 is 45.7 Å². The van der Waals surface area contributed by atoms with Gasteiger partial charge in [-0.1, -0.05) is 0 Å². The van der Waals surface area contributed by atoms with Crippen molar-refractivity contribution in [3.8, 4) is 0 Å². The second-order valence-electron chi connectivity index (χ2n) is 3.36. The molecule has 0 unspecified atom stereocenters. The Morgan fingerprint density at radius 1 is 1.40 bits per heavy atom. The molecular weight excluding hydrogens is 319 g/mol. The number of nitrogen functional groups attached to an aromatic ring is 1. The summed E-state index contributed by atoms with van der Waals surface area (Å²) in [4.78, 5) is 0. The number of halogens is 1. The largest absolute Gasteiger partial charge is 0.397 e. The summed E-state index contributed by atoms with van der Waals surface area (Å²) in [7, 11) is 0. The van der Waals surface area contributed by atoms with Gasteiger partial charge < -0.3 is 11.1 Å². The fraction of sp³-hybridized carbons (Fsp3) is 0.455. The van der Waals surface area contributed by atoms with E-state index in [0.29, 0.717) is 0 Å². The van der Waals surface area contributed by atoms with Gasteiger partial charge in [-0.25, -0.2) is 0 Å². The van der Waals surface area contributed by atoms with E-state index >= 15 is 0 Å². The third-order valence-electron chi connectivity index (χ3n) is 2.10. The molecule has 1 aromatic carbocycles. The molecule has 0 fully saturated rings. The summed E-state index contributed by atoms with van der Waals surface area (Å²) in [6.07, 6.45) is 4.61. The Labute approximate surface area is 110 Å². The van der Waals surface area contributed by atoms with Crippen molar-refractivity contribution in [2.75, 3.05) is 29.6 Å². The molecule has 0 saturated heterocycles. The zero-order valence-corrected chi connectivity index (χ0v) is 11.9. The van der Waals surface area contributed by atoms with Crippen LogP contribution in [0.4, 0.5) is 11.4 Å². The van der Waals surface area contributed by atoms with Gasteiger partial charge in [0.2, 0.25) is 0 Å². The molecule has 0 amide bonds. The van der Waals surface area contributed by atoms with Gasteiger partial charge in [-0.05, 0) is 65.6 Å². The van der Waals surface area contributed by atoms with E-state index in [1.165, 1.54) is 22.2 Å². The van der Waals surface area contributed by atoms with Crippen LogP contribution in [-0.2, 0) is 0 Å². The molecule has 1 aromatic rings. The van der Waals surface area contributed by atoms with E-state index in [4.69, 9.17) is 5.73 Å². The third kappa shape index (κ3) is 4.97. The third-order valence-corrected chi connectivity index (χ3v) is 3.47. The van der Waals surface area contributed by atoms with Crippen molar-refractivity contribution in [1.82, 2.24) is 0 Å². The number of nitrogens with one attached hydrogen (secondary N) is 1. The number of hydrogen-bond donors (Lipinski definition) is 2. The first-order chi connectivity index (χ1) is 7.24. The minimum absolute atomic E-state index is 0.840. The average molecular weight is 336 g/mol. The minimum Gasteiger partial charge on any atom is -0.397 e. The van der Waals surface area contributed by atoms with E-state index in [9.17, 15) is 0 Å². The van der Waals surface area contributed by atoms with Crippen LogP contribution in [0.15, 0.2) is 18.2 Å². The van der Waals surface area contributed by atoms with E-state index in [-0.39, 0.29) is 0 Å². The van der Waals surface area contributed by atoms with E-state index < -0.39 is 0 Å². The molecule has 3 N–H and O–H groups in total. The van der Waals surface area contributed by atoms with E-state index in [1.807, 2.05) is 23.9 Å². The first kappa shape index (κ1) is 13.0. The average Bonchev–Trinajstić information content (AvgIpc) is 2.20. The lowest BCUT2D eigenvalue weighted by atomic mass is 10.2. The van der Waals surface area contributed by atoms with Crippen molar-refractivity contribution in [3.05, 3.63) is 21.8 Å². The predicted octanol–water partition coefficient (Wildman–Crippen LogP) is 3.43. The van der Waals surface area contributed by atoms with Crippen LogP contribution in [0.25, 0.3) is 0 Å². The number of hydrogen-bond acceptors (Lipinski definition) is 3. The van der Waals surface area contributed by atoms with Crippen molar-refractivity contribution < 1.29 is 0 Å². The monoisotopic (exact) mass is 336 g/mol. The van der Waals surface area contributed by atoms with Crippen LogP contribution in [0.2, 0.25) is 0 Å². The van der Waals surface area contributed by atoms with Crippen molar-refractivity contribution in [3.63, 3.8) is 0 Å². The van der Waals surface area contributed by atoms with Gasteiger partial charge >= 0.3 is 0 Å². The van der Waals surface area contributed by atoms with Crippen molar-refractivity contribution in [2.24, 2.45) is 0 Å². The van der Waals surface area contributed by atoms with Gasteiger partial charge in [0.25, 0.3) is 0 Å². The summed E-state index contributed by atoms with van der Waals surface area (Å²) >= 11 is 4.17. The Bertz CT molecular complexity index is 305. The van der Waals surface area contributed by atoms with E-state index in [1.54, 1.807) is 0 Å². The lowest BCUT2D eigenvalue weighted by molar-refractivity contribution is 0.843. The van der Waals surface area contributed by atoms with Gasteiger partial charge in [0.05, 0.1) is 11.4 Å². The molecule has 4 heteroatoms. The lowest BCUT2D eigenvalue weighted by Gasteiger charge is -2.09. The normalized spacial score (nSPS) is 10.3. The van der Waals surface area contributed by atoms with Crippen LogP contribution in [0.1, 0.15) is 12.8 Å². The maximum absolute atomic E-state index is 5.89. The second kappa shape index (κ2) is 7.22. The first-order valence-corrected chi connectivity index (χ1v) is 7.49. The van der Waals surface area contributed by atoms with Gasteiger partial charge in [0.15, 0.2) is 0 Å². The number of nitrogens with two attached hydrogens (primary N) is 1. The molecule has 0 aliphatic heterocycles. The SMILES string of the molecule is CSCCCCNc1ccc(I)cc1N. The van der Waals surface area contributed by atoms with Crippen LogP contribution >= 0.6 is 34.4 Å². The van der Waals surface area contributed by atoms with Crippen LogP contribution in [0.5, 0.6) is 0 Å². The number of benzene rings is 1. The summed E-state index contributed by atoms with van der Waals surface area (Å²) in [5.41, 5.74) is 7.79. The molecule has 2 nitrogen and oxygen atoms in total. The smallest absolute Gasteiger partial charge is 0.0574 e. The molecule has 0 atom stereocenters. The molecule has 84 valence electrons. The molecule has 15 heavy (non-hydrogen) atoms. The Morgan fingerprint density at radius 3 is 2.87 bits per heavy atom. The second-order valence-corrected chi connectivity index (χ2v) is 5.59. The van der Waals surface area contributed by atoms with E-state index in [0.717, 1.165) is 17.9 Å². The fourth-order valence-electron chi connectivity index (χ4n) is 1.29. The number of thioether (sulfide) groups is 1. The zero-order chi connectivity index (χ0) is 11.1. The number of rotatable bonds is 6. The minimum atomic E-state index is 0.840. The lowest BCUT2D eigenvalue weighted by Crippen LogP contribution is -2.04. The molecule has 1 rings (SSSR count). The number of unbranched alkanes of at least 4 members (excludes halogenated alkanes) is 1. The summed E-state index contributed by atoms with van der Waals surface area (Å²) < 4.78 is 1.18. The quantitative estimate of drug-likeness (QED) is 0.475. The summed E-state index contributed by atoms with van der Waals surface area (Å²) in [5, 5.41) is 3.36. The topological polar surface area (TPSA) is 38.0 Å². The van der Waals surface area contributed by atoms with Gasteiger partial charge in [0.1, 0.15) is 0 Å². The maximum atomic E-state index is 5.89. The molecule has 0 aliphatic carbocycles. The predicted molar refractivity (Wildman–Crippen MR) is 79.7 cm³/mol. The van der Waals surface area contributed by atoms with E-state index in [2.05, 4.69) is 40.2 Å². The summed E-state index contributed by atoms with van der Waals surface area (Å²) in [5.74, 6) is 1.24. The number of anilines is 2. The molecule has 0 aliphatic rings. The van der Waals surface area contributed by atoms with Gasteiger partial charge in [-0.15, -0.1) is 0 Å². The van der Waals surface area contributed by atoms with Crippen LogP contribution in [0.3, 0.4) is 0 Å². The van der Waals surface area contributed by atoms with Crippen LogP contribution in [0, 0.1) is 3.57 Å². The van der Waals surface area contributed by atoms with Crippen molar-refractivity contribution in [2.45, 2.75) is 12.8 Å². The van der Waals surface area contributed by atoms with Crippen LogP contribution < -0.4 is 11.1 Å². The van der Waals surface area contributed by atoms with Crippen LogP contribution in [-0.4, -0.2) is 18.6 Å². The summed E-state index contributed by atoms with van der Waals surface area (Å²) in [6, 6.07) is 6.11. The Morgan fingerprint density at radius 2 is 2.20 bits per heavy atom. The molecule has 0 radical (unpaired) electrons. The molecule has 0 heterocycles. The zero-order valence-electron chi connectivity index (χ0n) is 8.92. The first-order valence-electron chi connectivity index (χ1n) is 5.02. The van der Waals surface area contributed by atoms with Gasteiger partial charge in [-0.2, -0.15) is 11.8 Å². The maximum Gasteiger partial charge on any atom is 0.0574 e. The molecule has 0 saturated carbocycles. The molecule has 0 spiro atoms. The Hall–Kier alpha value is -0.100. The highest BCUT2D eigenvalue weighted by Gasteiger charge is 1.98. The summed E-state index contributed by atoms with van der Waals surface area (Å²) in [6.45, 7) is 1.01. The highest BCUT2D eigenvalue weighted by Crippen LogP contribution is 2.20. The highest BCUT2D eigenvalue weighted by atomic mass is 127. The standard InChI is InChI=1S/C11H17IN2S/c1-15-7-3-2-6-14-11-5-4-9(12)8-10(11)13/h4-5,8,14H,2-3,6-7,13H2,1H3. The fourth-order valence-corrected chi connectivity index (χ4v) is 2.30.